The van der Waals surface area contributed by atoms with Crippen molar-refractivity contribution >= 4 is 49.7 Å². The van der Waals surface area contributed by atoms with Gasteiger partial charge in [-0.25, -0.2) is 14.8 Å². The number of amides is 1. The summed E-state index contributed by atoms with van der Waals surface area (Å²) in [4.78, 5) is 31.6. The van der Waals surface area contributed by atoms with E-state index in [2.05, 4.69) is 109 Å². The van der Waals surface area contributed by atoms with Crippen LogP contribution >= 0.6 is 0 Å². The fourth-order valence-electron chi connectivity index (χ4n) is 13.2. The van der Waals surface area contributed by atoms with Gasteiger partial charge in [-0.15, -0.1) is 0 Å². The maximum absolute atomic E-state index is 12.0. The average Bonchev–Trinajstić information content (AvgIpc) is 2.19. The van der Waals surface area contributed by atoms with Gasteiger partial charge in [0.05, 0.1) is 48.5 Å². The standard InChI is InChI=1S/C37H46N4O5.C32H38N4O3/c1-37(2,3)46-36(42)41-22-30(23-41)44-14-11-25-15-24(16-25)10-13-43-28-18-29(19-28)45-35-8-6-27(20-39-35)26-5-7-31-32-21-38-12-9-33(32)40(4)34(31)17-26;1-36-30-6-9-33-20-29(30)28-4-2-23(14-31(28)36)24-3-5-32(35-17-24)39-26-15-25(16-26)37-10-7-21-12-22(13-21)8-11-38-27-18-34-19-27/h5-9,12,17,20-21,24-25,28-30H,10-11,13-16,18-19,22-23H2,1-4H3;2-6,9,14,17,20-22,25-27,34H,7-8,10-13,15-16,18-19H2,1H3. The van der Waals surface area contributed by atoms with Gasteiger partial charge in [-0.1, -0.05) is 24.3 Å². The van der Waals surface area contributed by atoms with Crippen LogP contribution in [0, 0.1) is 23.7 Å². The SMILES string of the molecule is Cn1c2ccncc2c2ccc(-c3ccc(OC4CC(OCCC5CC(CCOC6CN(C(=O)OC(C)(C)C)C6)C5)C4)nc3)cc21.Cn1c2ccncc2c2ccc(-c3ccc(OC4CC(OCCC5CC(CCOC6CNC6)C5)C4)nc3)cc21. The van der Waals surface area contributed by atoms with Crippen molar-refractivity contribution in [3.8, 4) is 34.0 Å². The number of likely N-dealkylation sites (tertiary alicyclic amines) is 1. The van der Waals surface area contributed by atoms with Crippen LogP contribution in [0.2, 0.25) is 0 Å². The molecular formula is C69H84N8O8. The van der Waals surface area contributed by atoms with Gasteiger partial charge in [-0.3, -0.25) is 9.97 Å². The predicted octanol–water partition coefficient (Wildman–Crippen LogP) is 12.7. The molecule has 85 heavy (non-hydrogen) atoms. The fourth-order valence-corrected chi connectivity index (χ4v) is 13.2. The molecule has 4 aliphatic carbocycles. The highest BCUT2D eigenvalue weighted by molar-refractivity contribution is 6.09. The van der Waals surface area contributed by atoms with Crippen LogP contribution in [0.25, 0.3) is 65.9 Å². The molecule has 0 unspecified atom stereocenters. The lowest BCUT2D eigenvalue weighted by Crippen LogP contribution is -2.56. The van der Waals surface area contributed by atoms with Gasteiger partial charge in [0, 0.05) is 172 Å². The molecule has 2 aliphatic heterocycles. The van der Waals surface area contributed by atoms with Crippen molar-refractivity contribution in [3.05, 3.63) is 110 Å². The van der Waals surface area contributed by atoms with E-state index in [1.165, 1.54) is 82.1 Å². The maximum atomic E-state index is 12.0. The van der Waals surface area contributed by atoms with E-state index in [0.717, 1.165) is 124 Å². The monoisotopic (exact) mass is 1150 g/mol. The minimum absolute atomic E-state index is 0.150. The van der Waals surface area contributed by atoms with E-state index >= 15 is 0 Å². The van der Waals surface area contributed by atoms with Gasteiger partial charge >= 0.3 is 6.09 Å². The summed E-state index contributed by atoms with van der Waals surface area (Å²) in [6.45, 7) is 12.4. The fraction of sp³-hybridized carbons (Fsp3) is 0.522. The molecule has 6 fully saturated rings. The number of aryl methyl sites for hydroxylation is 2. The number of carbonyl (C=O) groups excluding carboxylic acids is 1. The summed E-state index contributed by atoms with van der Waals surface area (Å²) in [7, 11) is 4.20. The van der Waals surface area contributed by atoms with Crippen LogP contribution in [-0.4, -0.2) is 135 Å². The van der Waals surface area contributed by atoms with Gasteiger partial charge in [-0.2, -0.15) is 0 Å². The number of pyridine rings is 4. The molecule has 1 N–H and O–H groups in total. The Bertz CT molecular complexity index is 3550. The second-order valence-electron chi connectivity index (χ2n) is 26.1. The Morgan fingerprint density at radius 1 is 0.482 bits per heavy atom. The molecule has 2 saturated heterocycles. The van der Waals surface area contributed by atoms with Gasteiger partial charge in [0.15, 0.2) is 0 Å². The molecule has 0 spiro atoms. The minimum atomic E-state index is -0.453. The molecule has 16 nitrogen and oxygen atoms in total. The molecule has 6 aliphatic rings. The lowest BCUT2D eigenvalue weighted by molar-refractivity contribution is -0.0740. The topological polar surface area (TPSA) is 158 Å². The molecular weight excluding hydrogens is 1070 g/mol. The number of benzene rings is 2. The second kappa shape index (κ2) is 25.3. The first kappa shape index (κ1) is 57.4. The molecule has 2 aromatic carbocycles. The van der Waals surface area contributed by atoms with Crippen molar-refractivity contribution in [2.45, 2.75) is 140 Å². The lowest BCUT2D eigenvalue weighted by Gasteiger charge is -2.40. The van der Waals surface area contributed by atoms with Crippen molar-refractivity contribution in [1.29, 1.82) is 0 Å². The third kappa shape index (κ3) is 13.5. The second-order valence-corrected chi connectivity index (χ2v) is 26.1. The number of nitrogens with one attached hydrogen (secondary N) is 1. The van der Waals surface area contributed by atoms with Gasteiger partial charge in [0.2, 0.25) is 11.8 Å². The summed E-state index contributed by atoms with van der Waals surface area (Å²) in [5.74, 6) is 4.59. The summed E-state index contributed by atoms with van der Waals surface area (Å²) < 4.78 is 46.2. The van der Waals surface area contributed by atoms with Gasteiger partial charge < -0.3 is 52.5 Å². The first-order chi connectivity index (χ1) is 41.4. The molecule has 16 heteroatoms. The Morgan fingerprint density at radius 2 is 0.906 bits per heavy atom. The number of nitrogens with zero attached hydrogens (tertiary/aromatic N) is 7. The Kier molecular flexibility index (Phi) is 17.1. The van der Waals surface area contributed by atoms with E-state index in [1.54, 1.807) is 4.90 Å². The van der Waals surface area contributed by atoms with Gasteiger partial charge in [0.25, 0.3) is 0 Å². The summed E-state index contributed by atoms with van der Waals surface area (Å²) >= 11 is 0. The minimum Gasteiger partial charge on any atom is -0.474 e. The number of hydrogen-bond donors (Lipinski definition) is 1. The van der Waals surface area contributed by atoms with Crippen LogP contribution in [-0.2, 0) is 37.8 Å². The molecule has 8 heterocycles. The highest BCUT2D eigenvalue weighted by Gasteiger charge is 2.37. The summed E-state index contributed by atoms with van der Waals surface area (Å²) in [5, 5.41) is 8.04. The molecule has 0 bridgehead atoms. The largest absolute Gasteiger partial charge is 0.474 e. The highest BCUT2D eigenvalue weighted by atomic mass is 16.6. The zero-order chi connectivity index (χ0) is 58.0. The molecule has 14 rings (SSSR count). The third-order valence-electron chi connectivity index (χ3n) is 18.9. The maximum Gasteiger partial charge on any atom is 0.410 e. The number of fused-ring (bicyclic) bond motifs is 6. The van der Waals surface area contributed by atoms with Crippen LogP contribution < -0.4 is 14.8 Å². The summed E-state index contributed by atoms with van der Waals surface area (Å²) in [6.07, 6.45) is 26.4. The van der Waals surface area contributed by atoms with E-state index in [-0.39, 0.29) is 24.4 Å². The Morgan fingerprint density at radius 3 is 1.31 bits per heavy atom. The molecule has 4 saturated carbocycles. The van der Waals surface area contributed by atoms with Crippen LogP contribution in [0.1, 0.15) is 97.8 Å². The van der Waals surface area contributed by atoms with Crippen molar-refractivity contribution in [2.24, 2.45) is 37.8 Å². The highest BCUT2D eigenvalue weighted by Crippen LogP contribution is 2.41. The number of rotatable bonds is 22. The number of aromatic nitrogens is 6. The third-order valence-corrected chi connectivity index (χ3v) is 18.9. The predicted molar refractivity (Wildman–Crippen MR) is 331 cm³/mol. The van der Waals surface area contributed by atoms with Crippen LogP contribution in [0.5, 0.6) is 11.8 Å². The van der Waals surface area contributed by atoms with E-state index in [1.807, 2.05) is 70.1 Å². The van der Waals surface area contributed by atoms with Gasteiger partial charge in [0.1, 0.15) is 17.8 Å². The van der Waals surface area contributed by atoms with Crippen molar-refractivity contribution in [2.75, 3.05) is 52.6 Å². The van der Waals surface area contributed by atoms with E-state index in [9.17, 15) is 4.79 Å². The number of carbonyl (C=O) groups is 1. The molecule has 0 atom stereocenters. The number of hydrogen-bond acceptors (Lipinski definition) is 13. The van der Waals surface area contributed by atoms with Crippen molar-refractivity contribution < 1.29 is 38.0 Å². The van der Waals surface area contributed by atoms with Crippen molar-refractivity contribution in [1.82, 2.24) is 39.3 Å². The Labute approximate surface area is 499 Å². The van der Waals surface area contributed by atoms with Crippen molar-refractivity contribution in [3.63, 3.8) is 0 Å². The van der Waals surface area contributed by atoms with Crippen LogP contribution in [0.3, 0.4) is 0 Å². The van der Waals surface area contributed by atoms with E-state index in [0.29, 0.717) is 43.2 Å². The molecule has 0 radical (unpaired) electrons. The zero-order valence-corrected chi connectivity index (χ0v) is 50.2. The zero-order valence-electron chi connectivity index (χ0n) is 50.2. The molecule has 1 amide bonds. The van der Waals surface area contributed by atoms with E-state index in [4.69, 9.17) is 33.2 Å². The van der Waals surface area contributed by atoms with Crippen LogP contribution in [0.15, 0.2) is 110 Å². The lowest BCUT2D eigenvalue weighted by atomic mass is 9.72. The molecule has 448 valence electrons. The van der Waals surface area contributed by atoms with E-state index < -0.39 is 5.60 Å². The normalized spacial score (nSPS) is 23.9. The Balaban J connectivity index is 0.000000160. The first-order valence-electron chi connectivity index (χ1n) is 31.4. The summed E-state index contributed by atoms with van der Waals surface area (Å²) in [6, 6.07) is 25.4. The smallest absolute Gasteiger partial charge is 0.410 e. The first-order valence-corrected chi connectivity index (χ1v) is 31.4. The number of ether oxygens (including phenoxy) is 7. The Hall–Kier alpha value is -6.69. The van der Waals surface area contributed by atoms with Crippen LogP contribution in [0.4, 0.5) is 4.79 Å². The summed E-state index contributed by atoms with van der Waals surface area (Å²) in [5.41, 5.74) is 8.74. The quantitative estimate of drug-likeness (QED) is 0.0684. The average molecular weight is 1150 g/mol. The van der Waals surface area contributed by atoms with Gasteiger partial charge in [-0.05, 0) is 143 Å². The molecule has 6 aromatic heterocycles. The molecule has 8 aromatic rings.